The molecule has 38 heavy (non-hydrogen) atoms. The Morgan fingerprint density at radius 3 is 2.53 bits per heavy atom. The number of urea groups is 1. The van der Waals surface area contributed by atoms with E-state index >= 15 is 0 Å². The van der Waals surface area contributed by atoms with Gasteiger partial charge < -0.3 is 30.6 Å². The standard InChI is InChI=1S/C28H43N7O3/c1-2-13-34-14-10-28(20-29,11-15-34)33-26(36)24(25(32-27(30)37)35-16-18-38-19-17-35)23(22-9-6-12-31-22)21-7-4-3-5-8-21/h6,9,12,21,23-24,31H,2-5,7-8,10-11,13-19H2,1H3,(H2,30,37)(H,33,36). The number of nitriles is 1. The monoisotopic (exact) mass is 525 g/mol. The van der Waals surface area contributed by atoms with Crippen molar-refractivity contribution in [2.75, 3.05) is 45.9 Å². The van der Waals surface area contributed by atoms with Crippen LogP contribution in [0.4, 0.5) is 4.79 Å². The Bertz CT molecular complexity index is 983. The molecule has 1 aliphatic carbocycles. The number of piperidine rings is 1. The molecule has 0 bridgehead atoms. The number of nitrogens with zero attached hydrogens (tertiary/aromatic N) is 4. The largest absolute Gasteiger partial charge is 0.378 e. The van der Waals surface area contributed by atoms with Crippen molar-refractivity contribution in [2.24, 2.45) is 22.6 Å². The Balaban J connectivity index is 1.73. The molecule has 0 spiro atoms. The number of primary amides is 1. The van der Waals surface area contributed by atoms with E-state index in [-0.39, 0.29) is 17.7 Å². The number of H-pyrrole nitrogens is 1. The first-order valence-corrected chi connectivity index (χ1v) is 14.3. The van der Waals surface area contributed by atoms with E-state index in [1.165, 1.54) is 6.42 Å². The van der Waals surface area contributed by atoms with E-state index in [0.717, 1.165) is 57.4 Å². The fraction of sp³-hybridized carbons (Fsp3) is 0.714. The Hall–Kier alpha value is -2.90. The Morgan fingerprint density at radius 2 is 1.95 bits per heavy atom. The highest BCUT2D eigenvalue weighted by atomic mass is 16.5. The van der Waals surface area contributed by atoms with Gasteiger partial charge in [-0.05, 0) is 56.7 Å². The van der Waals surface area contributed by atoms with Gasteiger partial charge in [0.1, 0.15) is 17.3 Å². The molecule has 2 atom stereocenters. The number of aliphatic imine (C=N–C) groups is 1. The summed E-state index contributed by atoms with van der Waals surface area (Å²) in [5.74, 6) is -0.614. The average molecular weight is 526 g/mol. The number of ether oxygens (including phenoxy) is 1. The zero-order valence-electron chi connectivity index (χ0n) is 22.7. The lowest BCUT2D eigenvalue weighted by Crippen LogP contribution is -2.59. The lowest BCUT2D eigenvalue weighted by atomic mass is 9.71. The van der Waals surface area contributed by atoms with E-state index in [0.29, 0.717) is 45.0 Å². The number of nitrogens with one attached hydrogen (secondary N) is 2. The summed E-state index contributed by atoms with van der Waals surface area (Å²) in [6, 6.07) is 5.59. The van der Waals surface area contributed by atoms with Crippen LogP contribution in [-0.2, 0) is 9.53 Å². The van der Waals surface area contributed by atoms with Gasteiger partial charge in [-0.15, -0.1) is 0 Å². The van der Waals surface area contributed by atoms with Crippen molar-refractivity contribution in [1.82, 2.24) is 20.1 Å². The highest BCUT2D eigenvalue weighted by Gasteiger charge is 2.45. The average Bonchev–Trinajstić information content (AvgIpc) is 3.47. The van der Waals surface area contributed by atoms with Gasteiger partial charge >= 0.3 is 6.03 Å². The van der Waals surface area contributed by atoms with E-state index in [4.69, 9.17) is 10.5 Å². The third-order valence-corrected chi connectivity index (χ3v) is 8.44. The minimum absolute atomic E-state index is 0.220. The van der Waals surface area contributed by atoms with Gasteiger partial charge in [0.05, 0.1) is 19.3 Å². The molecule has 3 amide bonds. The molecular formula is C28H43N7O3. The molecule has 2 saturated heterocycles. The van der Waals surface area contributed by atoms with Gasteiger partial charge in [-0.25, -0.2) is 4.79 Å². The van der Waals surface area contributed by atoms with Gasteiger partial charge in [0.15, 0.2) is 0 Å². The number of carbonyl (C=O) groups excluding carboxylic acids is 2. The normalized spacial score (nSPS) is 22.8. The molecule has 2 aliphatic heterocycles. The van der Waals surface area contributed by atoms with Crippen LogP contribution in [0.2, 0.25) is 0 Å². The number of carbonyl (C=O) groups is 2. The molecule has 10 heteroatoms. The number of hydrogen-bond acceptors (Lipinski definition) is 5. The molecule has 3 aliphatic rings. The van der Waals surface area contributed by atoms with Gasteiger partial charge in [0, 0.05) is 44.0 Å². The highest BCUT2D eigenvalue weighted by molar-refractivity contribution is 6.07. The summed E-state index contributed by atoms with van der Waals surface area (Å²) in [6.07, 6.45) is 9.45. The molecule has 10 nitrogen and oxygen atoms in total. The Kier molecular flexibility index (Phi) is 9.80. The van der Waals surface area contributed by atoms with Crippen LogP contribution in [0, 0.1) is 23.2 Å². The molecule has 0 aromatic carbocycles. The number of morpholine rings is 1. The second kappa shape index (κ2) is 13.3. The summed E-state index contributed by atoms with van der Waals surface area (Å²) in [5.41, 5.74) is 5.63. The molecule has 3 fully saturated rings. The number of amidine groups is 1. The van der Waals surface area contributed by atoms with Crippen LogP contribution in [0.1, 0.15) is 69.9 Å². The van der Waals surface area contributed by atoms with Gasteiger partial charge in [0.25, 0.3) is 0 Å². The zero-order valence-corrected chi connectivity index (χ0v) is 22.7. The number of nitrogens with two attached hydrogens (primary N) is 1. The molecule has 1 aromatic heterocycles. The first-order chi connectivity index (χ1) is 18.5. The molecule has 1 aromatic rings. The second-order valence-electron chi connectivity index (χ2n) is 11.0. The molecule has 2 unspecified atom stereocenters. The quantitative estimate of drug-likeness (QED) is 0.352. The summed E-state index contributed by atoms with van der Waals surface area (Å²) in [4.78, 5) is 38.7. The maximum absolute atomic E-state index is 14.4. The van der Waals surface area contributed by atoms with Crippen LogP contribution in [0.25, 0.3) is 0 Å². The van der Waals surface area contributed by atoms with Crippen LogP contribution in [0.5, 0.6) is 0 Å². The molecule has 3 heterocycles. The number of likely N-dealkylation sites (tertiary alicyclic amines) is 1. The first kappa shape index (κ1) is 28.1. The van der Waals surface area contributed by atoms with Crippen LogP contribution in [0.15, 0.2) is 23.3 Å². The van der Waals surface area contributed by atoms with Gasteiger partial charge in [-0.2, -0.15) is 10.3 Å². The molecule has 0 radical (unpaired) electrons. The minimum atomic E-state index is -0.949. The topological polar surface area (TPSA) is 140 Å². The summed E-state index contributed by atoms with van der Waals surface area (Å²) in [5, 5.41) is 13.5. The summed E-state index contributed by atoms with van der Waals surface area (Å²) < 4.78 is 5.56. The molecule has 4 rings (SSSR count). The Labute approximate surface area is 226 Å². The predicted octanol–water partition coefficient (Wildman–Crippen LogP) is 2.99. The van der Waals surface area contributed by atoms with Crippen molar-refractivity contribution in [1.29, 1.82) is 5.26 Å². The summed E-state index contributed by atoms with van der Waals surface area (Å²) in [6.45, 7) is 6.68. The van der Waals surface area contributed by atoms with E-state index < -0.39 is 17.5 Å². The van der Waals surface area contributed by atoms with E-state index in [9.17, 15) is 14.9 Å². The number of rotatable bonds is 8. The van der Waals surface area contributed by atoms with Crippen molar-refractivity contribution in [3.63, 3.8) is 0 Å². The van der Waals surface area contributed by atoms with Crippen molar-refractivity contribution >= 4 is 17.8 Å². The molecule has 4 N–H and O–H groups in total. The van der Waals surface area contributed by atoms with Crippen molar-refractivity contribution in [3.8, 4) is 6.07 Å². The zero-order chi connectivity index (χ0) is 27.0. The molecular weight excluding hydrogens is 482 g/mol. The maximum Gasteiger partial charge on any atom is 0.340 e. The third kappa shape index (κ3) is 6.75. The lowest BCUT2D eigenvalue weighted by Gasteiger charge is -2.42. The molecule has 208 valence electrons. The summed E-state index contributed by atoms with van der Waals surface area (Å²) >= 11 is 0. The second-order valence-corrected chi connectivity index (χ2v) is 11.0. The van der Waals surface area contributed by atoms with Crippen molar-refractivity contribution < 1.29 is 14.3 Å². The Morgan fingerprint density at radius 1 is 1.24 bits per heavy atom. The van der Waals surface area contributed by atoms with Crippen LogP contribution in [0.3, 0.4) is 0 Å². The number of hydrogen-bond donors (Lipinski definition) is 3. The maximum atomic E-state index is 14.4. The van der Waals surface area contributed by atoms with Crippen molar-refractivity contribution in [3.05, 3.63) is 24.0 Å². The van der Waals surface area contributed by atoms with Crippen LogP contribution in [-0.4, -0.2) is 84.0 Å². The number of aromatic amines is 1. The first-order valence-electron chi connectivity index (χ1n) is 14.3. The smallest absolute Gasteiger partial charge is 0.340 e. The van der Waals surface area contributed by atoms with Crippen molar-refractivity contribution in [2.45, 2.75) is 69.7 Å². The SMILES string of the molecule is CCCN1CCC(C#N)(NC(=O)C(C(=NC(N)=O)N2CCOCC2)C(c2ccc[nH]2)C2CCCCC2)CC1. The third-order valence-electron chi connectivity index (χ3n) is 8.44. The summed E-state index contributed by atoms with van der Waals surface area (Å²) in [7, 11) is 0. The number of aromatic nitrogens is 1. The van der Waals surface area contributed by atoms with Crippen LogP contribution < -0.4 is 11.1 Å². The lowest BCUT2D eigenvalue weighted by molar-refractivity contribution is -0.126. The van der Waals surface area contributed by atoms with E-state index in [2.05, 4.69) is 33.2 Å². The van der Waals surface area contributed by atoms with E-state index in [1.807, 2.05) is 23.2 Å². The van der Waals surface area contributed by atoms with Gasteiger partial charge in [-0.3, -0.25) is 4.79 Å². The number of amides is 3. The van der Waals surface area contributed by atoms with E-state index in [1.54, 1.807) is 0 Å². The predicted molar refractivity (Wildman–Crippen MR) is 145 cm³/mol. The molecule has 1 saturated carbocycles. The van der Waals surface area contributed by atoms with Gasteiger partial charge in [0.2, 0.25) is 5.91 Å². The fourth-order valence-electron chi connectivity index (χ4n) is 6.49. The minimum Gasteiger partial charge on any atom is -0.378 e. The van der Waals surface area contributed by atoms with Gasteiger partial charge in [-0.1, -0.05) is 26.2 Å². The fourth-order valence-corrected chi connectivity index (χ4v) is 6.49. The van der Waals surface area contributed by atoms with Crippen LogP contribution >= 0.6 is 0 Å². The highest BCUT2D eigenvalue weighted by Crippen LogP contribution is 2.42.